The Kier molecular flexibility index (Phi) is 6.98. The molecule has 0 bridgehead atoms. The van der Waals surface area contributed by atoms with Gasteiger partial charge < -0.3 is 0 Å². The molecule has 0 aliphatic rings. The zero-order valence-electron chi connectivity index (χ0n) is 32.0. The third-order valence-corrected chi connectivity index (χ3v) is 13.9. The minimum atomic E-state index is 1.22. The van der Waals surface area contributed by atoms with Crippen molar-refractivity contribution in [2.24, 2.45) is 0 Å². The SMILES string of the molecule is c1ccc(-c2cc(-c3ccccc3)cc(-c3ccc4ccc5c(-c6ccc7c(c6)c6ccccc6c6ccc8sc9ccccc9c8c67)ccc6ccc3c4c65)c2)cc1. The molecular weight excluding hydrogens is 729 g/mol. The molecule has 0 fully saturated rings. The van der Waals surface area contributed by atoms with Crippen LogP contribution in [0.25, 0.3) is 129 Å². The summed E-state index contributed by atoms with van der Waals surface area (Å²) in [4.78, 5) is 0. The van der Waals surface area contributed by atoms with Gasteiger partial charge in [0.1, 0.15) is 0 Å². The van der Waals surface area contributed by atoms with E-state index in [1.807, 2.05) is 11.3 Å². The van der Waals surface area contributed by atoms with Crippen LogP contribution in [0.3, 0.4) is 0 Å². The zero-order chi connectivity index (χ0) is 38.6. The first-order chi connectivity index (χ1) is 29.2. The Balaban J connectivity index is 1.05. The predicted octanol–water partition coefficient (Wildman–Crippen LogP) is 17.1. The van der Waals surface area contributed by atoms with Crippen molar-refractivity contribution in [1.29, 1.82) is 0 Å². The third-order valence-electron chi connectivity index (χ3n) is 12.8. The number of hydrogen-bond donors (Lipinski definition) is 0. The van der Waals surface area contributed by atoms with Gasteiger partial charge in [0.15, 0.2) is 0 Å². The fraction of sp³-hybridized carbons (Fsp3) is 0. The lowest BCUT2D eigenvalue weighted by atomic mass is 9.85. The summed E-state index contributed by atoms with van der Waals surface area (Å²) in [7, 11) is 0. The van der Waals surface area contributed by atoms with Crippen LogP contribution in [0.4, 0.5) is 0 Å². The fourth-order valence-corrected chi connectivity index (χ4v) is 11.2. The molecule has 12 aromatic carbocycles. The second kappa shape index (κ2) is 12.6. The molecule has 0 N–H and O–H groups in total. The highest BCUT2D eigenvalue weighted by Crippen LogP contribution is 2.47. The van der Waals surface area contributed by atoms with E-state index in [4.69, 9.17) is 0 Å². The van der Waals surface area contributed by atoms with Crippen LogP contribution in [0.2, 0.25) is 0 Å². The Morgan fingerprint density at radius 2 is 0.712 bits per heavy atom. The van der Waals surface area contributed by atoms with Gasteiger partial charge in [-0.2, -0.15) is 0 Å². The average molecular weight is 763 g/mol. The highest BCUT2D eigenvalue weighted by Gasteiger charge is 2.19. The highest BCUT2D eigenvalue weighted by molar-refractivity contribution is 7.26. The first kappa shape index (κ1) is 32.7. The number of hydrogen-bond acceptors (Lipinski definition) is 1. The monoisotopic (exact) mass is 762 g/mol. The van der Waals surface area contributed by atoms with Crippen LogP contribution < -0.4 is 0 Å². The highest BCUT2D eigenvalue weighted by atomic mass is 32.1. The van der Waals surface area contributed by atoms with Crippen LogP contribution in [0.15, 0.2) is 206 Å². The molecule has 13 rings (SSSR count). The lowest BCUT2D eigenvalue weighted by molar-refractivity contribution is 1.58. The molecule has 0 saturated heterocycles. The van der Waals surface area contributed by atoms with Gasteiger partial charge in [-0.05, 0) is 146 Å². The van der Waals surface area contributed by atoms with Gasteiger partial charge in [0, 0.05) is 20.2 Å². The first-order valence-corrected chi connectivity index (χ1v) is 21.2. The van der Waals surface area contributed by atoms with Gasteiger partial charge in [-0.25, -0.2) is 0 Å². The molecule has 0 atom stereocenters. The van der Waals surface area contributed by atoms with Gasteiger partial charge in [-0.1, -0.05) is 170 Å². The number of benzene rings is 12. The molecule has 0 aliphatic carbocycles. The number of fused-ring (bicyclic) bond motifs is 10. The zero-order valence-corrected chi connectivity index (χ0v) is 32.9. The van der Waals surface area contributed by atoms with Crippen LogP contribution in [0.1, 0.15) is 0 Å². The molecule has 0 saturated carbocycles. The molecule has 0 amide bonds. The van der Waals surface area contributed by atoms with Gasteiger partial charge in [0.25, 0.3) is 0 Å². The lowest BCUT2D eigenvalue weighted by Gasteiger charge is -2.18. The molecule has 0 spiro atoms. The van der Waals surface area contributed by atoms with Crippen molar-refractivity contribution in [2.75, 3.05) is 0 Å². The third kappa shape index (κ3) is 4.89. The minimum absolute atomic E-state index is 1.22. The summed E-state index contributed by atoms with van der Waals surface area (Å²) in [5, 5.41) is 18.4. The second-order valence-electron chi connectivity index (χ2n) is 15.9. The first-order valence-electron chi connectivity index (χ1n) is 20.4. The summed E-state index contributed by atoms with van der Waals surface area (Å²) >= 11 is 1.89. The molecule has 0 nitrogen and oxygen atoms in total. The van der Waals surface area contributed by atoms with E-state index in [9.17, 15) is 0 Å². The van der Waals surface area contributed by atoms with E-state index in [0.717, 1.165) is 0 Å². The van der Waals surface area contributed by atoms with Crippen molar-refractivity contribution in [1.82, 2.24) is 0 Å². The topological polar surface area (TPSA) is 0 Å². The van der Waals surface area contributed by atoms with Crippen LogP contribution >= 0.6 is 11.3 Å². The molecule has 1 heteroatoms. The van der Waals surface area contributed by atoms with Gasteiger partial charge in [-0.15, -0.1) is 11.3 Å². The van der Waals surface area contributed by atoms with Crippen LogP contribution in [0, 0.1) is 0 Å². The number of rotatable bonds is 4. The normalized spacial score (nSPS) is 12.1. The van der Waals surface area contributed by atoms with Crippen molar-refractivity contribution in [3.63, 3.8) is 0 Å². The van der Waals surface area contributed by atoms with Crippen molar-refractivity contribution < 1.29 is 0 Å². The molecule has 59 heavy (non-hydrogen) atoms. The smallest absolute Gasteiger partial charge is 0.0362 e. The molecule has 13 aromatic rings. The Morgan fingerprint density at radius 3 is 1.37 bits per heavy atom. The largest absolute Gasteiger partial charge is 0.135 e. The Morgan fingerprint density at radius 1 is 0.220 bits per heavy atom. The average Bonchev–Trinajstić information content (AvgIpc) is 3.70. The van der Waals surface area contributed by atoms with E-state index < -0.39 is 0 Å². The molecular formula is C58H34S. The maximum absolute atomic E-state index is 2.46. The molecule has 0 aliphatic heterocycles. The quantitative estimate of drug-likeness (QED) is 0.157. The summed E-state index contributed by atoms with van der Waals surface area (Å²) in [5.41, 5.74) is 9.87. The fourth-order valence-electron chi connectivity index (χ4n) is 10.1. The van der Waals surface area contributed by atoms with E-state index >= 15 is 0 Å². The lowest BCUT2D eigenvalue weighted by Crippen LogP contribution is -1.91. The van der Waals surface area contributed by atoms with Crippen LogP contribution in [0.5, 0.6) is 0 Å². The summed E-state index contributed by atoms with van der Waals surface area (Å²) in [5.74, 6) is 0. The van der Waals surface area contributed by atoms with Crippen molar-refractivity contribution in [3.05, 3.63) is 206 Å². The van der Waals surface area contributed by atoms with Crippen molar-refractivity contribution in [3.8, 4) is 44.5 Å². The van der Waals surface area contributed by atoms with E-state index in [-0.39, 0.29) is 0 Å². The summed E-state index contributed by atoms with van der Waals surface area (Å²) in [6, 6.07) is 77.0. The van der Waals surface area contributed by atoms with Gasteiger partial charge in [-0.3, -0.25) is 0 Å². The molecule has 0 radical (unpaired) electrons. The summed E-state index contributed by atoms with van der Waals surface area (Å²) < 4.78 is 2.68. The molecule has 272 valence electrons. The number of thiophene rings is 1. The second-order valence-corrected chi connectivity index (χ2v) is 17.0. The van der Waals surface area contributed by atoms with E-state index in [1.54, 1.807) is 0 Å². The van der Waals surface area contributed by atoms with E-state index in [1.165, 1.54) is 129 Å². The standard InChI is InChI=1S/C58H34S/c1-3-11-35(12-4-1)40-31-41(36-13-5-2-6-14-36)33-42(32-40)44-25-20-38-21-26-47-43(24-19-37-22-27-48(44)56(38)55(37)47)39-23-28-50-52(34-39)46-16-8-7-15-45(46)49-29-30-54-58(57(49)50)51-17-9-10-18-53(51)59-54/h1-34H. The minimum Gasteiger partial charge on any atom is -0.135 e. The Hall–Kier alpha value is -7.32. The van der Waals surface area contributed by atoms with Crippen molar-refractivity contribution in [2.45, 2.75) is 0 Å². The van der Waals surface area contributed by atoms with Gasteiger partial charge in [0.05, 0.1) is 0 Å². The van der Waals surface area contributed by atoms with Crippen LogP contribution in [-0.2, 0) is 0 Å². The summed E-state index contributed by atoms with van der Waals surface area (Å²) in [6.45, 7) is 0. The summed E-state index contributed by atoms with van der Waals surface area (Å²) in [6.07, 6.45) is 0. The maximum Gasteiger partial charge on any atom is 0.0362 e. The molecule has 1 heterocycles. The van der Waals surface area contributed by atoms with Crippen LogP contribution in [-0.4, -0.2) is 0 Å². The van der Waals surface area contributed by atoms with E-state index in [0.29, 0.717) is 0 Å². The van der Waals surface area contributed by atoms with Gasteiger partial charge in [0.2, 0.25) is 0 Å². The maximum atomic E-state index is 2.46. The predicted molar refractivity (Wildman–Crippen MR) is 257 cm³/mol. The van der Waals surface area contributed by atoms with Crippen molar-refractivity contribution >= 4 is 96.1 Å². The van der Waals surface area contributed by atoms with E-state index in [2.05, 4.69) is 206 Å². The van der Waals surface area contributed by atoms with Gasteiger partial charge >= 0.3 is 0 Å². The Labute approximate surface area is 345 Å². The Bertz CT molecular complexity index is 3760. The molecule has 1 aromatic heterocycles. The molecule has 0 unspecified atom stereocenters.